The van der Waals surface area contributed by atoms with Crippen LogP contribution in [-0.4, -0.2) is 26.4 Å². The van der Waals surface area contributed by atoms with E-state index in [0.29, 0.717) is 11.1 Å². The average Bonchev–Trinajstić information content (AvgIpc) is 3.46. The van der Waals surface area contributed by atoms with Crippen molar-refractivity contribution >= 4 is 11.8 Å². The van der Waals surface area contributed by atoms with Gasteiger partial charge in [-0.1, -0.05) is 103 Å². The number of carbonyl (C=O) groups is 2. The van der Waals surface area contributed by atoms with Crippen LogP contribution in [0.2, 0.25) is 0 Å². The van der Waals surface area contributed by atoms with Gasteiger partial charge in [-0.3, -0.25) is 14.4 Å². The molecule has 6 rings (SSSR count). The summed E-state index contributed by atoms with van der Waals surface area (Å²) in [4.78, 5) is 36.5. The Morgan fingerprint density at radius 3 is 1.53 bits per heavy atom. The van der Waals surface area contributed by atoms with E-state index in [1.807, 2.05) is 67.8 Å². The number of aryl methyl sites for hydroxylation is 1. The maximum atomic E-state index is 13.0. The van der Waals surface area contributed by atoms with Crippen molar-refractivity contribution in [3.05, 3.63) is 161 Å². The molecule has 2 amide bonds. The van der Waals surface area contributed by atoms with Crippen LogP contribution in [0.4, 0.5) is 0 Å². The Bertz CT molecular complexity index is 1480. The molecular formula is C32H25N3O3. The molecule has 5 aromatic rings. The molecule has 0 unspecified atom stereocenters. The van der Waals surface area contributed by atoms with Crippen molar-refractivity contribution in [1.29, 1.82) is 0 Å². The summed E-state index contributed by atoms with van der Waals surface area (Å²) in [6.45, 7) is 1.88. The van der Waals surface area contributed by atoms with Crippen LogP contribution < -0.4 is 0 Å². The molecule has 6 nitrogen and oxygen atoms in total. The quantitative estimate of drug-likeness (QED) is 0.211. The van der Waals surface area contributed by atoms with Crippen molar-refractivity contribution in [3.63, 3.8) is 0 Å². The number of aromatic nitrogens is 2. The van der Waals surface area contributed by atoms with Crippen molar-refractivity contribution in [3.8, 4) is 0 Å². The fraction of sp³-hybridized carbons (Fsp3) is 0.0938. The monoisotopic (exact) mass is 499 g/mol. The van der Waals surface area contributed by atoms with E-state index in [9.17, 15) is 9.59 Å². The minimum absolute atomic E-state index is 0.0223. The second-order valence-corrected chi connectivity index (χ2v) is 9.18. The molecule has 0 spiro atoms. The summed E-state index contributed by atoms with van der Waals surface area (Å²) >= 11 is 0. The predicted molar refractivity (Wildman–Crippen MR) is 143 cm³/mol. The van der Waals surface area contributed by atoms with Crippen molar-refractivity contribution in [2.75, 3.05) is 0 Å². The highest BCUT2D eigenvalue weighted by atomic mass is 16.7. The molecule has 1 aliphatic rings. The molecule has 4 aromatic carbocycles. The van der Waals surface area contributed by atoms with Crippen LogP contribution in [0.1, 0.15) is 48.8 Å². The Morgan fingerprint density at radius 1 is 0.658 bits per heavy atom. The molecule has 186 valence electrons. The van der Waals surface area contributed by atoms with Crippen LogP contribution in [0.25, 0.3) is 0 Å². The summed E-state index contributed by atoms with van der Waals surface area (Å²) in [5.41, 5.74) is 4.51. The number of hydroxylamine groups is 2. The topological polar surface area (TPSA) is 64.4 Å². The first-order chi connectivity index (χ1) is 18.6. The summed E-state index contributed by atoms with van der Waals surface area (Å²) in [5, 5.41) is 0.858. The molecule has 0 radical (unpaired) electrons. The number of fused-ring (bicyclic) bond motifs is 1. The standard InChI is InChI=1S/C32H25N3O3/c1-23-29(21-38-35-30(36)27-19-11-12-20-28(27)31(35)37)34(22-33-23)32(24-13-5-2-6-14-24,25-15-7-3-8-16-25)26-17-9-4-10-18-26/h2-20,22H,21H2,1H3. The summed E-state index contributed by atoms with van der Waals surface area (Å²) in [5.74, 6) is -0.926. The zero-order valence-electron chi connectivity index (χ0n) is 20.8. The molecule has 0 aliphatic carbocycles. The molecule has 0 saturated heterocycles. The molecule has 38 heavy (non-hydrogen) atoms. The van der Waals surface area contributed by atoms with E-state index in [-0.39, 0.29) is 6.61 Å². The number of imide groups is 1. The van der Waals surface area contributed by atoms with E-state index in [4.69, 9.17) is 4.84 Å². The number of hydrogen-bond acceptors (Lipinski definition) is 4. The van der Waals surface area contributed by atoms with Crippen molar-refractivity contribution in [2.24, 2.45) is 0 Å². The number of benzene rings is 4. The fourth-order valence-electron chi connectivity index (χ4n) is 5.29. The van der Waals surface area contributed by atoms with Gasteiger partial charge in [0, 0.05) is 0 Å². The van der Waals surface area contributed by atoms with E-state index in [2.05, 4.69) is 45.9 Å². The lowest BCUT2D eigenvalue weighted by molar-refractivity contribution is -0.103. The van der Waals surface area contributed by atoms with Crippen LogP contribution in [0.5, 0.6) is 0 Å². The van der Waals surface area contributed by atoms with Gasteiger partial charge < -0.3 is 4.57 Å². The van der Waals surface area contributed by atoms with Gasteiger partial charge in [0.05, 0.1) is 28.8 Å². The van der Waals surface area contributed by atoms with Crippen LogP contribution >= 0.6 is 0 Å². The Kier molecular flexibility index (Phi) is 5.94. The minimum Gasteiger partial charge on any atom is -0.313 e. The third kappa shape index (κ3) is 3.66. The molecule has 0 fully saturated rings. The van der Waals surface area contributed by atoms with Gasteiger partial charge in [-0.15, -0.1) is 5.06 Å². The van der Waals surface area contributed by atoms with E-state index >= 15 is 0 Å². The Hall–Kier alpha value is -4.81. The second kappa shape index (κ2) is 9.57. The molecule has 1 aromatic heterocycles. The molecule has 0 atom stereocenters. The van der Waals surface area contributed by atoms with Crippen LogP contribution in [0.15, 0.2) is 122 Å². The largest absolute Gasteiger partial charge is 0.313 e. The summed E-state index contributed by atoms with van der Waals surface area (Å²) in [6.07, 6.45) is 1.81. The second-order valence-electron chi connectivity index (χ2n) is 9.18. The summed E-state index contributed by atoms with van der Waals surface area (Å²) in [6, 6.07) is 37.5. The number of imidazole rings is 1. The smallest absolute Gasteiger partial charge is 0.285 e. The van der Waals surface area contributed by atoms with Crippen LogP contribution in [0.3, 0.4) is 0 Å². The van der Waals surface area contributed by atoms with Crippen molar-refractivity contribution in [1.82, 2.24) is 14.6 Å². The highest BCUT2D eigenvalue weighted by Gasteiger charge is 2.41. The highest BCUT2D eigenvalue weighted by molar-refractivity contribution is 6.20. The van der Waals surface area contributed by atoms with Crippen molar-refractivity contribution < 1.29 is 14.4 Å². The van der Waals surface area contributed by atoms with Gasteiger partial charge in [0.15, 0.2) is 0 Å². The number of hydrogen-bond donors (Lipinski definition) is 0. The molecule has 0 saturated carbocycles. The molecular weight excluding hydrogens is 474 g/mol. The average molecular weight is 500 g/mol. The molecule has 2 heterocycles. The maximum absolute atomic E-state index is 13.0. The van der Waals surface area contributed by atoms with Gasteiger partial charge >= 0.3 is 0 Å². The van der Waals surface area contributed by atoms with Crippen LogP contribution in [0, 0.1) is 6.92 Å². The maximum Gasteiger partial charge on any atom is 0.285 e. The van der Waals surface area contributed by atoms with Gasteiger partial charge in [-0.05, 0) is 35.7 Å². The lowest BCUT2D eigenvalue weighted by Gasteiger charge is -2.38. The third-order valence-electron chi connectivity index (χ3n) is 7.10. The molecule has 0 N–H and O–H groups in total. The van der Waals surface area contributed by atoms with Gasteiger partial charge in [0.25, 0.3) is 11.8 Å². The number of nitrogens with zero attached hydrogens (tertiary/aromatic N) is 3. The van der Waals surface area contributed by atoms with Crippen LogP contribution in [-0.2, 0) is 17.0 Å². The van der Waals surface area contributed by atoms with E-state index < -0.39 is 17.4 Å². The molecule has 1 aliphatic heterocycles. The Morgan fingerprint density at radius 2 is 1.08 bits per heavy atom. The first-order valence-electron chi connectivity index (χ1n) is 12.4. The molecule has 0 bridgehead atoms. The van der Waals surface area contributed by atoms with Gasteiger partial charge in [-0.2, -0.15) is 0 Å². The Labute approximate surface area is 220 Å². The SMILES string of the molecule is Cc1ncn(C(c2ccccc2)(c2ccccc2)c2ccccc2)c1CON1C(=O)c2ccccc2C1=O. The fourth-order valence-corrected chi connectivity index (χ4v) is 5.29. The van der Waals surface area contributed by atoms with Gasteiger partial charge in [0.1, 0.15) is 12.1 Å². The lowest BCUT2D eigenvalue weighted by Crippen LogP contribution is -2.39. The minimum atomic E-state index is -0.786. The van der Waals surface area contributed by atoms with E-state index in [1.54, 1.807) is 24.3 Å². The first-order valence-corrected chi connectivity index (χ1v) is 12.4. The zero-order chi connectivity index (χ0) is 26.1. The van der Waals surface area contributed by atoms with E-state index in [1.165, 1.54) is 0 Å². The Balaban J connectivity index is 1.50. The van der Waals surface area contributed by atoms with Gasteiger partial charge in [0.2, 0.25) is 0 Å². The highest BCUT2D eigenvalue weighted by Crippen LogP contribution is 2.42. The first kappa shape index (κ1) is 23.6. The predicted octanol–water partition coefficient (Wildman–Crippen LogP) is 5.76. The van der Waals surface area contributed by atoms with Crippen molar-refractivity contribution in [2.45, 2.75) is 19.1 Å². The number of amides is 2. The normalized spacial score (nSPS) is 13.1. The number of rotatable bonds is 7. The molecule has 6 heteroatoms. The lowest BCUT2D eigenvalue weighted by atomic mass is 9.76. The van der Waals surface area contributed by atoms with E-state index in [0.717, 1.165) is 33.1 Å². The summed E-state index contributed by atoms with van der Waals surface area (Å²) < 4.78 is 2.10. The summed E-state index contributed by atoms with van der Waals surface area (Å²) in [7, 11) is 0. The van der Waals surface area contributed by atoms with Gasteiger partial charge in [-0.25, -0.2) is 4.98 Å². The third-order valence-corrected chi connectivity index (χ3v) is 7.10. The zero-order valence-corrected chi connectivity index (χ0v) is 20.8. The number of carbonyl (C=O) groups excluding carboxylic acids is 2.